The molecule has 1 aliphatic heterocycles. The minimum Gasteiger partial charge on any atom is -0.379 e. The number of ether oxygens (including phenoxy) is 2. The number of phosphoric acid groups is 1. The molecule has 148 valence electrons. The summed E-state index contributed by atoms with van der Waals surface area (Å²) in [4.78, 5) is 35.5. The minimum absolute atomic E-state index is 0.0496. The highest BCUT2D eigenvalue weighted by molar-refractivity contribution is 7.47. The second-order valence-electron chi connectivity index (χ2n) is 6.18. The quantitative estimate of drug-likeness (QED) is 0.660. The summed E-state index contributed by atoms with van der Waals surface area (Å²) < 4.78 is 34.4. The van der Waals surface area contributed by atoms with Crippen LogP contribution in [0.4, 0.5) is 0 Å². The summed E-state index contributed by atoms with van der Waals surface area (Å²) in [6.45, 7) is 5.51. The van der Waals surface area contributed by atoms with Crippen LogP contribution in [-0.4, -0.2) is 46.5 Å². The van der Waals surface area contributed by atoms with Crippen LogP contribution in [0.2, 0.25) is 0 Å². The lowest BCUT2D eigenvalue weighted by atomic mass is 9.88. The third-order valence-electron chi connectivity index (χ3n) is 4.56. The Bertz CT molecular complexity index is 791. The minimum atomic E-state index is -4.25. The van der Waals surface area contributed by atoms with Crippen LogP contribution >= 0.6 is 7.82 Å². The molecule has 0 saturated carbocycles. The molecule has 0 bridgehead atoms. The first kappa shape index (κ1) is 21.0. The van der Waals surface area contributed by atoms with Crippen LogP contribution in [0, 0.1) is 6.92 Å². The predicted molar refractivity (Wildman–Crippen MR) is 92.0 cm³/mol. The summed E-state index contributed by atoms with van der Waals surface area (Å²) in [7, 11) is -3.18. The second-order valence-corrected chi connectivity index (χ2v) is 7.70. The van der Waals surface area contributed by atoms with Crippen molar-refractivity contribution in [3.05, 3.63) is 32.6 Å². The zero-order valence-electron chi connectivity index (χ0n) is 15.3. The number of aromatic amines is 1. The van der Waals surface area contributed by atoms with Gasteiger partial charge in [-0.15, -0.1) is 0 Å². The van der Waals surface area contributed by atoms with Gasteiger partial charge in [0.15, 0.2) is 0 Å². The molecule has 11 heteroatoms. The maximum atomic E-state index is 12.1. The Morgan fingerprint density at radius 1 is 1.54 bits per heavy atom. The van der Waals surface area contributed by atoms with Crippen molar-refractivity contribution in [1.82, 2.24) is 9.55 Å². The van der Waals surface area contributed by atoms with Crippen molar-refractivity contribution >= 4 is 7.82 Å². The zero-order valence-corrected chi connectivity index (χ0v) is 16.2. The van der Waals surface area contributed by atoms with Crippen molar-refractivity contribution in [2.24, 2.45) is 0 Å². The smallest absolute Gasteiger partial charge is 0.379 e. The average Bonchev–Trinajstić information content (AvgIpc) is 2.59. The van der Waals surface area contributed by atoms with E-state index in [2.05, 4.69) is 9.51 Å². The fourth-order valence-electron chi connectivity index (χ4n) is 2.95. The lowest BCUT2D eigenvalue weighted by Gasteiger charge is -2.44. The lowest BCUT2D eigenvalue weighted by molar-refractivity contribution is -0.214. The molecule has 4 atom stereocenters. The fraction of sp³-hybridized carbons (Fsp3) is 0.733. The molecule has 1 aromatic heterocycles. The highest BCUT2D eigenvalue weighted by atomic mass is 31.2. The summed E-state index contributed by atoms with van der Waals surface area (Å²) in [5.74, 6) is 0. The third kappa shape index (κ3) is 4.51. The molecule has 0 aliphatic carbocycles. The Morgan fingerprint density at radius 3 is 2.85 bits per heavy atom. The molecule has 1 aromatic rings. The van der Waals surface area contributed by atoms with Gasteiger partial charge in [-0.2, -0.15) is 0 Å². The van der Waals surface area contributed by atoms with E-state index in [4.69, 9.17) is 14.0 Å². The standard InChI is InChI=1S/C15H25N2O8P/c1-5-15(6-7-23-9-12(15)25-26(20,21)22-4)24-11(3)17-8-10(2)13(18)16-14(17)19/h8,11-12H,5-7,9H2,1-4H3,(H,20,21)(H,16,18,19)/t11?,12?,15-/m0/s1. The van der Waals surface area contributed by atoms with Gasteiger partial charge in [0.05, 0.1) is 6.61 Å². The highest BCUT2D eigenvalue weighted by Crippen LogP contribution is 2.48. The first-order valence-electron chi connectivity index (χ1n) is 8.28. The molecule has 3 unspecified atom stereocenters. The molecule has 1 fully saturated rings. The van der Waals surface area contributed by atoms with Crippen LogP contribution in [-0.2, 0) is 23.1 Å². The largest absolute Gasteiger partial charge is 0.472 e. The molecule has 26 heavy (non-hydrogen) atoms. The number of phosphoric ester groups is 1. The molecule has 1 aliphatic rings. The van der Waals surface area contributed by atoms with Crippen molar-refractivity contribution in [3.8, 4) is 0 Å². The van der Waals surface area contributed by atoms with Crippen molar-refractivity contribution in [2.45, 2.75) is 51.5 Å². The molecule has 2 rings (SSSR count). The van der Waals surface area contributed by atoms with Gasteiger partial charge in [-0.1, -0.05) is 6.92 Å². The van der Waals surface area contributed by atoms with E-state index in [0.717, 1.165) is 7.11 Å². The van der Waals surface area contributed by atoms with Crippen LogP contribution in [0.5, 0.6) is 0 Å². The third-order valence-corrected chi connectivity index (χ3v) is 5.54. The first-order valence-corrected chi connectivity index (χ1v) is 9.78. The first-order chi connectivity index (χ1) is 12.1. The highest BCUT2D eigenvalue weighted by Gasteiger charge is 2.46. The van der Waals surface area contributed by atoms with E-state index in [9.17, 15) is 19.0 Å². The number of aryl methyl sites for hydroxylation is 1. The Labute approximate surface area is 150 Å². The van der Waals surface area contributed by atoms with E-state index >= 15 is 0 Å². The van der Waals surface area contributed by atoms with Crippen molar-refractivity contribution in [3.63, 3.8) is 0 Å². The van der Waals surface area contributed by atoms with Crippen LogP contribution in [0.15, 0.2) is 15.8 Å². The van der Waals surface area contributed by atoms with Gasteiger partial charge in [0.2, 0.25) is 0 Å². The molecule has 0 amide bonds. The molecule has 2 N–H and O–H groups in total. The molecular formula is C15H25N2O8P. The van der Waals surface area contributed by atoms with Gasteiger partial charge < -0.3 is 14.4 Å². The molecule has 0 aromatic carbocycles. The Balaban J connectivity index is 2.32. The lowest BCUT2D eigenvalue weighted by Crippen LogP contribution is -2.53. The topological polar surface area (TPSA) is 129 Å². The summed E-state index contributed by atoms with van der Waals surface area (Å²) in [6.07, 6.45) is 0.656. The normalized spacial score (nSPS) is 27.0. The number of H-pyrrole nitrogens is 1. The van der Waals surface area contributed by atoms with Gasteiger partial charge in [0.1, 0.15) is 17.9 Å². The number of rotatable bonds is 7. The number of hydrogen-bond donors (Lipinski definition) is 2. The summed E-state index contributed by atoms with van der Waals surface area (Å²) in [5, 5.41) is 0. The van der Waals surface area contributed by atoms with Gasteiger partial charge in [-0.25, -0.2) is 9.36 Å². The molecule has 0 radical (unpaired) electrons. The Hall–Kier alpha value is -1.29. The second kappa shape index (κ2) is 8.16. The summed E-state index contributed by atoms with van der Waals surface area (Å²) in [6, 6.07) is 0. The van der Waals surface area contributed by atoms with Crippen molar-refractivity contribution < 1.29 is 28.0 Å². The van der Waals surface area contributed by atoms with Crippen molar-refractivity contribution in [1.29, 1.82) is 0 Å². The Kier molecular flexibility index (Phi) is 6.60. The van der Waals surface area contributed by atoms with Gasteiger partial charge in [0, 0.05) is 31.9 Å². The van der Waals surface area contributed by atoms with Gasteiger partial charge in [-0.3, -0.25) is 23.4 Å². The summed E-state index contributed by atoms with van der Waals surface area (Å²) in [5.41, 5.74) is -1.66. The van der Waals surface area contributed by atoms with E-state index in [1.807, 2.05) is 6.92 Å². The molecule has 0 spiro atoms. The molecule has 1 saturated heterocycles. The maximum Gasteiger partial charge on any atom is 0.472 e. The number of aromatic nitrogens is 2. The SMILES string of the molecule is CC[C@]1(OC(C)n2cc(C)c(=O)[nH]c2=O)CCOCC1OP(=O)(O)OC. The average molecular weight is 392 g/mol. The molecule has 10 nitrogen and oxygen atoms in total. The van der Waals surface area contributed by atoms with E-state index in [1.54, 1.807) is 13.8 Å². The van der Waals surface area contributed by atoms with Gasteiger partial charge >= 0.3 is 13.5 Å². The number of nitrogens with one attached hydrogen (secondary N) is 1. The zero-order chi connectivity index (χ0) is 19.5. The van der Waals surface area contributed by atoms with E-state index in [1.165, 1.54) is 10.8 Å². The van der Waals surface area contributed by atoms with E-state index in [-0.39, 0.29) is 6.61 Å². The number of hydrogen-bond acceptors (Lipinski definition) is 7. The monoisotopic (exact) mass is 392 g/mol. The van der Waals surface area contributed by atoms with E-state index in [0.29, 0.717) is 25.0 Å². The van der Waals surface area contributed by atoms with Crippen LogP contribution in [0.3, 0.4) is 0 Å². The van der Waals surface area contributed by atoms with Crippen molar-refractivity contribution in [2.75, 3.05) is 20.3 Å². The maximum absolute atomic E-state index is 12.1. The van der Waals surface area contributed by atoms with E-state index < -0.39 is 37.0 Å². The predicted octanol–water partition coefficient (Wildman–Crippen LogP) is 1.08. The van der Waals surface area contributed by atoms with Gasteiger partial charge in [0.25, 0.3) is 5.56 Å². The Morgan fingerprint density at radius 2 is 2.23 bits per heavy atom. The number of nitrogens with zero attached hydrogens (tertiary/aromatic N) is 1. The van der Waals surface area contributed by atoms with Gasteiger partial charge in [-0.05, 0) is 20.3 Å². The van der Waals surface area contributed by atoms with Crippen LogP contribution in [0.1, 0.15) is 38.5 Å². The summed E-state index contributed by atoms with van der Waals surface area (Å²) >= 11 is 0. The van der Waals surface area contributed by atoms with Crippen LogP contribution in [0.25, 0.3) is 0 Å². The molecule has 2 heterocycles. The molecular weight excluding hydrogens is 367 g/mol. The fourth-order valence-corrected chi connectivity index (χ4v) is 3.61. The van der Waals surface area contributed by atoms with Crippen LogP contribution < -0.4 is 11.2 Å².